The summed E-state index contributed by atoms with van der Waals surface area (Å²) >= 11 is 0. The Morgan fingerprint density at radius 3 is 2.68 bits per heavy atom. The van der Waals surface area contributed by atoms with Crippen molar-refractivity contribution in [1.29, 1.82) is 0 Å². The number of hydrogen-bond acceptors (Lipinski definition) is 3. The van der Waals surface area contributed by atoms with Gasteiger partial charge in [0.1, 0.15) is 11.7 Å². The number of carbonyl (C=O) groups excluding carboxylic acids is 3. The van der Waals surface area contributed by atoms with Crippen LogP contribution in [0.25, 0.3) is 0 Å². The number of benzene rings is 1. The molecule has 3 amide bonds. The van der Waals surface area contributed by atoms with Gasteiger partial charge in [0.2, 0.25) is 11.8 Å². The van der Waals surface area contributed by atoms with E-state index in [-0.39, 0.29) is 17.2 Å². The number of primary amides is 1. The quantitative estimate of drug-likeness (QED) is 0.754. The minimum atomic E-state index is -0.614. The SMILES string of the molecule is Cc1ccc(CN2CCC(NC(=O)c3cc(C(N)=O)c[nH]3)C2=O)cc1. The van der Waals surface area contributed by atoms with Gasteiger partial charge in [-0.1, -0.05) is 29.8 Å². The maximum Gasteiger partial charge on any atom is 0.268 e. The lowest BCUT2D eigenvalue weighted by molar-refractivity contribution is -0.129. The van der Waals surface area contributed by atoms with E-state index in [0.29, 0.717) is 19.5 Å². The molecule has 0 radical (unpaired) electrons. The smallest absolute Gasteiger partial charge is 0.268 e. The molecule has 4 N–H and O–H groups in total. The summed E-state index contributed by atoms with van der Waals surface area (Å²) in [4.78, 5) is 40.2. The number of hydrogen-bond donors (Lipinski definition) is 3. The molecule has 7 heteroatoms. The first kappa shape index (κ1) is 16.8. The van der Waals surface area contributed by atoms with Gasteiger partial charge < -0.3 is 20.9 Å². The van der Waals surface area contributed by atoms with E-state index in [1.54, 1.807) is 4.90 Å². The molecular weight excluding hydrogens is 320 g/mol. The summed E-state index contributed by atoms with van der Waals surface area (Å²) in [5, 5.41) is 2.71. The molecule has 7 nitrogen and oxygen atoms in total. The summed E-state index contributed by atoms with van der Waals surface area (Å²) in [7, 11) is 0. The lowest BCUT2D eigenvalue weighted by atomic mass is 10.1. The first-order valence-electron chi connectivity index (χ1n) is 8.07. The number of carbonyl (C=O) groups is 3. The molecule has 1 saturated heterocycles. The molecule has 1 unspecified atom stereocenters. The summed E-state index contributed by atoms with van der Waals surface area (Å²) in [6, 6.07) is 8.84. The first-order chi connectivity index (χ1) is 11.9. The Labute approximate surface area is 145 Å². The van der Waals surface area contributed by atoms with Crippen molar-refractivity contribution in [2.24, 2.45) is 5.73 Å². The number of nitrogens with one attached hydrogen (secondary N) is 2. The van der Waals surface area contributed by atoms with Crippen LogP contribution in [0.2, 0.25) is 0 Å². The van der Waals surface area contributed by atoms with Crippen molar-refractivity contribution < 1.29 is 14.4 Å². The van der Waals surface area contributed by atoms with E-state index in [1.807, 2.05) is 31.2 Å². The zero-order chi connectivity index (χ0) is 18.0. The Bertz CT molecular complexity index is 810. The van der Waals surface area contributed by atoms with E-state index >= 15 is 0 Å². The second-order valence-electron chi connectivity index (χ2n) is 6.23. The number of aromatic nitrogens is 1. The molecule has 0 spiro atoms. The predicted molar refractivity (Wildman–Crippen MR) is 91.8 cm³/mol. The monoisotopic (exact) mass is 340 g/mol. The Kier molecular flexibility index (Phi) is 4.56. The molecular formula is C18H20N4O3. The van der Waals surface area contributed by atoms with Crippen LogP contribution < -0.4 is 11.1 Å². The number of H-pyrrole nitrogens is 1. The number of nitrogens with zero attached hydrogens (tertiary/aromatic N) is 1. The second-order valence-corrected chi connectivity index (χ2v) is 6.23. The molecule has 0 bridgehead atoms. The number of likely N-dealkylation sites (tertiary alicyclic amines) is 1. The zero-order valence-electron chi connectivity index (χ0n) is 13.9. The van der Waals surface area contributed by atoms with Gasteiger partial charge in [0, 0.05) is 19.3 Å². The van der Waals surface area contributed by atoms with E-state index in [9.17, 15) is 14.4 Å². The van der Waals surface area contributed by atoms with Crippen LogP contribution in [0.1, 0.15) is 38.4 Å². The van der Waals surface area contributed by atoms with Crippen molar-refractivity contribution in [2.75, 3.05) is 6.54 Å². The highest BCUT2D eigenvalue weighted by atomic mass is 16.2. The van der Waals surface area contributed by atoms with Crippen molar-refractivity contribution in [1.82, 2.24) is 15.2 Å². The molecule has 1 aliphatic heterocycles. The molecule has 3 rings (SSSR count). The topological polar surface area (TPSA) is 108 Å². The van der Waals surface area contributed by atoms with Gasteiger partial charge in [-0.15, -0.1) is 0 Å². The van der Waals surface area contributed by atoms with Crippen LogP contribution >= 0.6 is 0 Å². The predicted octanol–water partition coefficient (Wildman–Crippen LogP) is 0.953. The third-order valence-electron chi connectivity index (χ3n) is 4.31. The highest BCUT2D eigenvalue weighted by Gasteiger charge is 2.33. The molecule has 130 valence electrons. The van der Waals surface area contributed by atoms with E-state index in [4.69, 9.17) is 5.73 Å². The van der Waals surface area contributed by atoms with Gasteiger partial charge in [-0.2, -0.15) is 0 Å². The molecule has 0 saturated carbocycles. The lowest BCUT2D eigenvalue weighted by Crippen LogP contribution is -2.41. The van der Waals surface area contributed by atoms with Crippen LogP contribution in [0.4, 0.5) is 0 Å². The zero-order valence-corrected chi connectivity index (χ0v) is 13.9. The van der Waals surface area contributed by atoms with Crippen LogP contribution in [-0.2, 0) is 11.3 Å². The Morgan fingerprint density at radius 1 is 1.32 bits per heavy atom. The average Bonchev–Trinajstić information content (AvgIpc) is 3.19. The fraction of sp³-hybridized carbons (Fsp3) is 0.278. The molecule has 2 heterocycles. The summed E-state index contributed by atoms with van der Waals surface area (Å²) in [5.74, 6) is -1.14. The minimum Gasteiger partial charge on any atom is -0.366 e. The number of aromatic amines is 1. The number of amides is 3. The van der Waals surface area contributed by atoms with Crippen molar-refractivity contribution in [2.45, 2.75) is 25.9 Å². The van der Waals surface area contributed by atoms with Crippen molar-refractivity contribution in [3.63, 3.8) is 0 Å². The molecule has 1 aromatic carbocycles. The van der Waals surface area contributed by atoms with E-state index < -0.39 is 17.9 Å². The third-order valence-corrected chi connectivity index (χ3v) is 4.31. The maximum absolute atomic E-state index is 12.5. The first-order valence-corrected chi connectivity index (χ1v) is 8.07. The molecule has 1 fully saturated rings. The molecule has 0 aliphatic carbocycles. The Morgan fingerprint density at radius 2 is 2.04 bits per heavy atom. The van der Waals surface area contributed by atoms with Crippen LogP contribution in [0.15, 0.2) is 36.5 Å². The van der Waals surface area contributed by atoms with Gasteiger partial charge in [0.05, 0.1) is 5.56 Å². The van der Waals surface area contributed by atoms with Crippen molar-refractivity contribution >= 4 is 17.7 Å². The summed E-state index contributed by atoms with van der Waals surface area (Å²) in [6.45, 7) is 3.13. The molecule has 1 atom stereocenters. The number of aryl methyl sites for hydroxylation is 1. The van der Waals surface area contributed by atoms with E-state index in [1.165, 1.54) is 17.8 Å². The van der Waals surface area contributed by atoms with E-state index in [2.05, 4.69) is 10.3 Å². The molecule has 2 aromatic rings. The Balaban J connectivity index is 1.60. The lowest BCUT2D eigenvalue weighted by Gasteiger charge is -2.17. The fourth-order valence-corrected chi connectivity index (χ4v) is 2.85. The summed E-state index contributed by atoms with van der Waals surface area (Å²) < 4.78 is 0. The Hall–Kier alpha value is -3.09. The largest absolute Gasteiger partial charge is 0.366 e. The highest BCUT2D eigenvalue weighted by Crippen LogP contribution is 2.16. The second kappa shape index (κ2) is 6.80. The molecule has 1 aliphatic rings. The number of nitrogens with two attached hydrogens (primary N) is 1. The van der Waals surface area contributed by atoms with Gasteiger partial charge >= 0.3 is 0 Å². The van der Waals surface area contributed by atoms with Crippen molar-refractivity contribution in [3.05, 3.63) is 58.9 Å². The van der Waals surface area contributed by atoms with Gasteiger partial charge in [-0.25, -0.2) is 0 Å². The average molecular weight is 340 g/mol. The van der Waals surface area contributed by atoms with Gasteiger partial charge in [-0.05, 0) is 25.0 Å². The normalized spacial score (nSPS) is 16.9. The van der Waals surface area contributed by atoms with Crippen LogP contribution in [0.5, 0.6) is 0 Å². The van der Waals surface area contributed by atoms with Gasteiger partial charge in [0.15, 0.2) is 0 Å². The van der Waals surface area contributed by atoms with Crippen LogP contribution in [0, 0.1) is 6.92 Å². The van der Waals surface area contributed by atoms with Gasteiger partial charge in [0.25, 0.3) is 5.91 Å². The standard InChI is InChI=1S/C18H20N4O3/c1-11-2-4-12(5-3-11)10-22-7-6-14(18(22)25)21-17(24)15-8-13(9-20-15)16(19)23/h2-5,8-9,14,20H,6-7,10H2,1H3,(H2,19,23)(H,21,24). The van der Waals surface area contributed by atoms with Gasteiger partial charge in [-0.3, -0.25) is 14.4 Å². The summed E-state index contributed by atoms with van der Waals surface area (Å²) in [5.41, 5.74) is 7.82. The van der Waals surface area contributed by atoms with Crippen LogP contribution in [-0.4, -0.2) is 40.2 Å². The fourth-order valence-electron chi connectivity index (χ4n) is 2.85. The molecule has 25 heavy (non-hydrogen) atoms. The maximum atomic E-state index is 12.5. The minimum absolute atomic E-state index is 0.101. The third kappa shape index (κ3) is 3.71. The van der Waals surface area contributed by atoms with Crippen LogP contribution in [0.3, 0.4) is 0 Å². The highest BCUT2D eigenvalue weighted by molar-refractivity contribution is 6.00. The summed E-state index contributed by atoms with van der Waals surface area (Å²) in [6.07, 6.45) is 1.93. The molecule has 1 aromatic heterocycles. The van der Waals surface area contributed by atoms with E-state index in [0.717, 1.165) is 5.56 Å². The van der Waals surface area contributed by atoms with Crippen molar-refractivity contribution in [3.8, 4) is 0 Å². The number of rotatable bonds is 5.